The van der Waals surface area contributed by atoms with Gasteiger partial charge in [-0.2, -0.15) is 5.10 Å². The number of halogens is 2. The van der Waals surface area contributed by atoms with Gasteiger partial charge in [-0.1, -0.05) is 17.7 Å². The van der Waals surface area contributed by atoms with E-state index in [2.05, 4.69) is 10.2 Å². The van der Waals surface area contributed by atoms with Crippen LogP contribution < -0.4 is 10.5 Å². The van der Waals surface area contributed by atoms with Crippen LogP contribution in [0.2, 0.25) is 5.02 Å². The van der Waals surface area contributed by atoms with Crippen molar-refractivity contribution >= 4 is 11.6 Å². The molecule has 0 saturated heterocycles. The summed E-state index contributed by atoms with van der Waals surface area (Å²) in [7, 11) is 1.50. The topological polar surface area (TPSA) is 61.0 Å². The van der Waals surface area contributed by atoms with Crippen LogP contribution in [0.4, 0.5) is 4.39 Å². The maximum absolute atomic E-state index is 13.6. The monoisotopic (exact) mass is 281 g/mol. The van der Waals surface area contributed by atoms with Crippen molar-refractivity contribution in [1.82, 2.24) is 10.2 Å². The molecule has 2 N–H and O–H groups in total. The summed E-state index contributed by atoms with van der Waals surface area (Å²) in [6.45, 7) is 0. The van der Waals surface area contributed by atoms with Crippen LogP contribution in [0.25, 0.3) is 0 Å². The molecule has 0 radical (unpaired) electrons. The third kappa shape index (κ3) is 3.19. The standard InChI is InChI=1S/C13H13ClFN3O/c1-19-13-6-5-12(17-18-13)11(16)7-8-9(14)3-2-4-10(8)15/h2-6,11H,7,16H2,1H3. The number of aromatic nitrogens is 2. The molecule has 1 aromatic heterocycles. The summed E-state index contributed by atoms with van der Waals surface area (Å²) in [5.74, 6) is 0.0318. The number of nitrogens with two attached hydrogens (primary N) is 1. The fourth-order valence-electron chi connectivity index (χ4n) is 1.69. The molecule has 2 aromatic rings. The fourth-order valence-corrected chi connectivity index (χ4v) is 1.93. The Bertz CT molecular complexity index is 542. The van der Waals surface area contributed by atoms with Crippen molar-refractivity contribution in [2.75, 3.05) is 7.11 Å². The average Bonchev–Trinajstić information content (AvgIpc) is 2.43. The minimum atomic E-state index is -0.479. The maximum Gasteiger partial charge on any atom is 0.233 e. The molecular formula is C13H13ClFN3O. The fraction of sp³-hybridized carbons (Fsp3) is 0.231. The predicted octanol–water partition coefficient (Wildman–Crippen LogP) is 2.52. The highest BCUT2D eigenvalue weighted by molar-refractivity contribution is 6.31. The van der Waals surface area contributed by atoms with E-state index in [0.717, 1.165) is 0 Å². The molecule has 0 fully saturated rings. The first-order valence-corrected chi connectivity index (χ1v) is 6.05. The minimum Gasteiger partial charge on any atom is -0.480 e. The zero-order valence-electron chi connectivity index (χ0n) is 10.3. The van der Waals surface area contributed by atoms with Gasteiger partial charge in [0.15, 0.2) is 0 Å². The van der Waals surface area contributed by atoms with E-state index in [1.54, 1.807) is 24.3 Å². The molecule has 1 unspecified atom stereocenters. The van der Waals surface area contributed by atoms with Crippen molar-refractivity contribution < 1.29 is 9.13 Å². The van der Waals surface area contributed by atoms with Crippen LogP contribution in [-0.4, -0.2) is 17.3 Å². The molecule has 19 heavy (non-hydrogen) atoms. The molecule has 0 aliphatic carbocycles. The molecular weight excluding hydrogens is 269 g/mol. The van der Waals surface area contributed by atoms with Crippen molar-refractivity contribution in [1.29, 1.82) is 0 Å². The number of benzene rings is 1. The molecule has 1 aromatic carbocycles. The molecule has 100 valence electrons. The number of hydrogen-bond donors (Lipinski definition) is 1. The molecule has 0 spiro atoms. The van der Waals surface area contributed by atoms with Crippen molar-refractivity contribution in [2.24, 2.45) is 5.73 Å². The van der Waals surface area contributed by atoms with Crippen molar-refractivity contribution in [3.63, 3.8) is 0 Å². The van der Waals surface area contributed by atoms with Gasteiger partial charge in [-0.3, -0.25) is 0 Å². The minimum absolute atomic E-state index is 0.256. The van der Waals surface area contributed by atoms with Gasteiger partial charge < -0.3 is 10.5 Å². The highest BCUT2D eigenvalue weighted by Crippen LogP contribution is 2.24. The Morgan fingerprint density at radius 3 is 2.68 bits per heavy atom. The van der Waals surface area contributed by atoms with Gasteiger partial charge in [0, 0.05) is 16.7 Å². The zero-order valence-corrected chi connectivity index (χ0v) is 11.1. The molecule has 0 aliphatic heterocycles. The van der Waals surface area contributed by atoms with Gasteiger partial charge in [0.2, 0.25) is 5.88 Å². The molecule has 0 aliphatic rings. The SMILES string of the molecule is COc1ccc(C(N)Cc2c(F)cccc2Cl)nn1. The van der Waals surface area contributed by atoms with Gasteiger partial charge in [-0.15, -0.1) is 5.10 Å². The molecule has 6 heteroatoms. The van der Waals surface area contributed by atoms with Crippen molar-refractivity contribution in [3.8, 4) is 5.88 Å². The molecule has 0 bridgehead atoms. The molecule has 4 nitrogen and oxygen atoms in total. The lowest BCUT2D eigenvalue weighted by molar-refractivity contribution is 0.390. The van der Waals surface area contributed by atoms with Crippen LogP contribution in [0, 0.1) is 5.82 Å². The molecule has 0 saturated carbocycles. The van der Waals surface area contributed by atoms with Crippen LogP contribution in [0.1, 0.15) is 17.3 Å². The van der Waals surface area contributed by atoms with E-state index in [4.69, 9.17) is 22.1 Å². The van der Waals surface area contributed by atoms with Gasteiger partial charge in [-0.25, -0.2) is 4.39 Å². The van der Waals surface area contributed by atoms with E-state index in [9.17, 15) is 4.39 Å². The number of hydrogen-bond acceptors (Lipinski definition) is 4. The number of methoxy groups -OCH3 is 1. The maximum atomic E-state index is 13.6. The Morgan fingerprint density at radius 1 is 1.32 bits per heavy atom. The van der Waals surface area contributed by atoms with Gasteiger partial charge >= 0.3 is 0 Å². The lowest BCUT2D eigenvalue weighted by Crippen LogP contribution is -2.16. The van der Waals surface area contributed by atoms with Crippen molar-refractivity contribution in [3.05, 3.63) is 52.4 Å². The Balaban J connectivity index is 2.18. The Kier molecular flexibility index (Phi) is 4.29. The Morgan fingerprint density at radius 2 is 2.11 bits per heavy atom. The predicted molar refractivity (Wildman–Crippen MR) is 70.6 cm³/mol. The summed E-state index contributed by atoms with van der Waals surface area (Å²) in [4.78, 5) is 0. The second-order valence-electron chi connectivity index (χ2n) is 4.01. The van der Waals surface area contributed by atoms with Gasteiger partial charge in [-0.05, 0) is 24.6 Å². The van der Waals surface area contributed by atoms with Gasteiger partial charge in [0.1, 0.15) is 5.82 Å². The Labute approximate surface area is 115 Å². The van der Waals surface area contributed by atoms with Crippen LogP contribution in [0.15, 0.2) is 30.3 Å². The highest BCUT2D eigenvalue weighted by atomic mass is 35.5. The van der Waals surface area contributed by atoms with Gasteiger partial charge in [0.25, 0.3) is 0 Å². The summed E-state index contributed by atoms with van der Waals surface area (Å²) >= 11 is 5.96. The van der Waals surface area contributed by atoms with Crippen LogP contribution >= 0.6 is 11.6 Å². The van der Waals surface area contributed by atoms with E-state index in [0.29, 0.717) is 22.2 Å². The Hall–Kier alpha value is -1.72. The van der Waals surface area contributed by atoms with E-state index in [1.165, 1.54) is 13.2 Å². The van der Waals surface area contributed by atoms with Crippen molar-refractivity contribution in [2.45, 2.75) is 12.5 Å². The second kappa shape index (κ2) is 5.95. The number of ether oxygens (including phenoxy) is 1. The van der Waals surface area contributed by atoms with Crippen LogP contribution in [-0.2, 0) is 6.42 Å². The van der Waals surface area contributed by atoms with E-state index in [-0.39, 0.29) is 12.2 Å². The molecule has 0 amide bonds. The summed E-state index contributed by atoms with van der Waals surface area (Å²) < 4.78 is 18.6. The summed E-state index contributed by atoms with van der Waals surface area (Å²) in [5, 5.41) is 8.12. The first-order chi connectivity index (χ1) is 9.11. The summed E-state index contributed by atoms with van der Waals surface area (Å²) in [6.07, 6.45) is 0.256. The lowest BCUT2D eigenvalue weighted by atomic mass is 10.0. The number of nitrogens with zero attached hydrogens (tertiary/aromatic N) is 2. The second-order valence-corrected chi connectivity index (χ2v) is 4.42. The van der Waals surface area contributed by atoms with Gasteiger partial charge in [0.05, 0.1) is 18.8 Å². The quantitative estimate of drug-likeness (QED) is 0.935. The van der Waals surface area contributed by atoms with E-state index < -0.39 is 6.04 Å². The first-order valence-electron chi connectivity index (χ1n) is 5.68. The molecule has 1 heterocycles. The van der Waals surface area contributed by atoms with Crippen LogP contribution in [0.3, 0.4) is 0 Å². The van der Waals surface area contributed by atoms with Crippen LogP contribution in [0.5, 0.6) is 5.88 Å². The molecule has 1 atom stereocenters. The van der Waals surface area contributed by atoms with E-state index in [1.807, 2.05) is 0 Å². The first kappa shape index (κ1) is 13.7. The lowest BCUT2D eigenvalue weighted by Gasteiger charge is -2.12. The highest BCUT2D eigenvalue weighted by Gasteiger charge is 2.14. The molecule has 2 rings (SSSR count). The smallest absolute Gasteiger partial charge is 0.233 e. The third-order valence-corrected chi connectivity index (χ3v) is 3.09. The summed E-state index contributed by atoms with van der Waals surface area (Å²) in [6, 6.07) is 7.42. The normalized spacial score (nSPS) is 12.2. The summed E-state index contributed by atoms with van der Waals surface area (Å²) in [5.41, 5.74) is 6.93. The third-order valence-electron chi connectivity index (χ3n) is 2.74. The van der Waals surface area contributed by atoms with E-state index >= 15 is 0 Å². The largest absolute Gasteiger partial charge is 0.480 e. The zero-order chi connectivity index (χ0) is 13.8. The number of rotatable bonds is 4. The average molecular weight is 282 g/mol.